The zero-order valence-electron chi connectivity index (χ0n) is 8.30. The minimum absolute atomic E-state index is 0.509. The SMILES string of the molecule is C=C(C(CC)OO)C(CC)OOOO. The second kappa shape index (κ2) is 7.86. The van der Waals surface area contributed by atoms with E-state index in [2.05, 4.69) is 26.4 Å². The molecule has 0 amide bonds. The van der Waals surface area contributed by atoms with Crippen molar-refractivity contribution in [2.24, 2.45) is 0 Å². The Bertz CT molecular complexity index is 156. The van der Waals surface area contributed by atoms with Crippen LogP contribution in [0.1, 0.15) is 26.7 Å². The van der Waals surface area contributed by atoms with Crippen molar-refractivity contribution < 1.29 is 30.4 Å². The Balaban J connectivity index is 4.13. The van der Waals surface area contributed by atoms with E-state index in [9.17, 15) is 0 Å². The summed E-state index contributed by atoms with van der Waals surface area (Å²) in [5.74, 6) is 0. The van der Waals surface area contributed by atoms with Crippen molar-refractivity contribution in [1.29, 1.82) is 0 Å². The van der Waals surface area contributed by atoms with Gasteiger partial charge in [0.05, 0.1) is 0 Å². The van der Waals surface area contributed by atoms with Crippen LogP contribution in [0.4, 0.5) is 0 Å². The molecule has 0 aliphatic heterocycles. The van der Waals surface area contributed by atoms with Gasteiger partial charge in [-0.2, -0.15) is 4.89 Å². The van der Waals surface area contributed by atoms with E-state index in [1.807, 2.05) is 13.8 Å². The van der Waals surface area contributed by atoms with E-state index >= 15 is 0 Å². The van der Waals surface area contributed by atoms with E-state index in [4.69, 9.17) is 10.5 Å². The molecule has 6 heteroatoms. The van der Waals surface area contributed by atoms with Crippen molar-refractivity contribution in [1.82, 2.24) is 0 Å². The van der Waals surface area contributed by atoms with Crippen molar-refractivity contribution in [3.63, 3.8) is 0 Å². The lowest BCUT2D eigenvalue weighted by Crippen LogP contribution is -2.25. The van der Waals surface area contributed by atoms with Gasteiger partial charge in [0.15, 0.2) is 0 Å². The minimum atomic E-state index is -0.526. The Labute approximate surface area is 82.4 Å². The fourth-order valence-electron chi connectivity index (χ4n) is 1.07. The van der Waals surface area contributed by atoms with Crippen LogP contribution in [-0.4, -0.2) is 22.7 Å². The third-order valence-corrected chi connectivity index (χ3v) is 1.88. The molecule has 0 heterocycles. The van der Waals surface area contributed by atoms with E-state index in [0.717, 1.165) is 0 Å². The van der Waals surface area contributed by atoms with Gasteiger partial charge in [-0.1, -0.05) is 20.4 Å². The van der Waals surface area contributed by atoms with Gasteiger partial charge < -0.3 is 0 Å². The van der Waals surface area contributed by atoms with E-state index in [-0.39, 0.29) is 0 Å². The zero-order chi connectivity index (χ0) is 11.0. The molecule has 0 aliphatic carbocycles. The summed E-state index contributed by atoms with van der Waals surface area (Å²) in [6.07, 6.45) is 0.0542. The highest BCUT2D eigenvalue weighted by molar-refractivity contribution is 5.08. The van der Waals surface area contributed by atoms with Crippen LogP contribution in [0, 0.1) is 0 Å². The molecule has 0 radical (unpaired) electrons. The minimum Gasteiger partial charge on any atom is -0.251 e. The summed E-state index contributed by atoms with van der Waals surface area (Å²) in [5.41, 5.74) is 0.509. The maximum Gasteiger partial charge on any atom is 0.119 e. The monoisotopic (exact) mass is 208 g/mol. The van der Waals surface area contributed by atoms with E-state index in [1.165, 1.54) is 0 Å². The topological polar surface area (TPSA) is 77.4 Å². The first-order chi connectivity index (χ1) is 6.71. The predicted octanol–water partition coefficient (Wildman–Crippen LogP) is 1.94. The fourth-order valence-corrected chi connectivity index (χ4v) is 1.07. The lowest BCUT2D eigenvalue weighted by atomic mass is 10.0. The number of rotatable bonds is 8. The van der Waals surface area contributed by atoms with E-state index in [0.29, 0.717) is 18.4 Å². The van der Waals surface area contributed by atoms with Gasteiger partial charge in [-0.15, -0.1) is 0 Å². The molecule has 0 rings (SSSR count). The molecular formula is C8H16O6. The quantitative estimate of drug-likeness (QED) is 0.360. The van der Waals surface area contributed by atoms with Crippen molar-refractivity contribution in [3.8, 4) is 0 Å². The molecule has 2 atom stereocenters. The maximum absolute atomic E-state index is 8.53. The Morgan fingerprint density at radius 1 is 1.21 bits per heavy atom. The first kappa shape index (κ1) is 13.5. The first-order valence-corrected chi connectivity index (χ1v) is 4.33. The maximum atomic E-state index is 8.53. The molecule has 0 aromatic carbocycles. The summed E-state index contributed by atoms with van der Waals surface area (Å²) in [6.45, 7) is 7.34. The molecule has 0 spiro atoms. The molecule has 0 aromatic rings. The molecule has 84 valence electrons. The normalized spacial score (nSPS) is 15.1. The average Bonchev–Trinajstić information content (AvgIpc) is 2.21. The molecule has 2 N–H and O–H groups in total. The molecule has 6 nitrogen and oxygen atoms in total. The summed E-state index contributed by atoms with van der Waals surface area (Å²) >= 11 is 0. The first-order valence-electron chi connectivity index (χ1n) is 4.33. The van der Waals surface area contributed by atoms with Crippen LogP contribution in [0.15, 0.2) is 12.2 Å². The lowest BCUT2D eigenvalue weighted by molar-refractivity contribution is -0.629. The Morgan fingerprint density at radius 3 is 2.14 bits per heavy atom. The van der Waals surface area contributed by atoms with Gasteiger partial charge in [-0.25, -0.2) is 10.1 Å². The Hall–Kier alpha value is -0.500. The van der Waals surface area contributed by atoms with Crippen LogP contribution in [0.25, 0.3) is 0 Å². The van der Waals surface area contributed by atoms with Crippen LogP contribution in [0.3, 0.4) is 0 Å². The summed E-state index contributed by atoms with van der Waals surface area (Å²) in [4.78, 5) is 8.81. The predicted molar refractivity (Wildman–Crippen MR) is 46.9 cm³/mol. The number of hydrogen-bond acceptors (Lipinski definition) is 6. The summed E-state index contributed by atoms with van der Waals surface area (Å²) in [7, 11) is 0. The van der Waals surface area contributed by atoms with Crippen LogP contribution in [-0.2, 0) is 19.9 Å². The van der Waals surface area contributed by atoms with Gasteiger partial charge in [0, 0.05) is 0 Å². The van der Waals surface area contributed by atoms with E-state index < -0.39 is 12.2 Å². The molecule has 0 aromatic heterocycles. The molecule has 0 saturated heterocycles. The third kappa shape index (κ3) is 4.14. The highest BCUT2D eigenvalue weighted by Gasteiger charge is 2.21. The zero-order valence-corrected chi connectivity index (χ0v) is 8.30. The highest BCUT2D eigenvalue weighted by atomic mass is 17.6. The number of hydrogen-bond donors (Lipinski definition) is 2. The van der Waals surface area contributed by atoms with Crippen LogP contribution in [0.2, 0.25) is 0 Å². The smallest absolute Gasteiger partial charge is 0.119 e. The van der Waals surface area contributed by atoms with Crippen LogP contribution < -0.4 is 0 Å². The van der Waals surface area contributed by atoms with Gasteiger partial charge in [-0.05, 0) is 28.5 Å². The van der Waals surface area contributed by atoms with Crippen LogP contribution in [0.5, 0.6) is 0 Å². The van der Waals surface area contributed by atoms with Gasteiger partial charge >= 0.3 is 0 Å². The summed E-state index contributed by atoms with van der Waals surface area (Å²) in [5, 5.41) is 23.6. The molecule has 0 fully saturated rings. The van der Waals surface area contributed by atoms with E-state index in [1.54, 1.807) is 0 Å². The molecule has 2 unspecified atom stereocenters. The van der Waals surface area contributed by atoms with Gasteiger partial charge in [0.1, 0.15) is 12.2 Å². The lowest BCUT2D eigenvalue weighted by Gasteiger charge is -2.20. The largest absolute Gasteiger partial charge is 0.251 e. The van der Waals surface area contributed by atoms with Crippen molar-refractivity contribution in [2.75, 3.05) is 0 Å². The Morgan fingerprint density at radius 2 is 1.79 bits per heavy atom. The molecule has 0 aliphatic rings. The van der Waals surface area contributed by atoms with Crippen molar-refractivity contribution in [3.05, 3.63) is 12.2 Å². The standard InChI is InChI=1S/C8H16O6/c1-4-7(11-9)6(3)8(5-2)12-14-13-10/h7-10H,3-5H2,1-2H3. The fraction of sp³-hybridized carbons (Fsp3) is 0.750. The van der Waals surface area contributed by atoms with Gasteiger partial charge in [0.25, 0.3) is 0 Å². The third-order valence-electron chi connectivity index (χ3n) is 1.88. The summed E-state index contributed by atoms with van der Waals surface area (Å²) in [6, 6.07) is 0. The van der Waals surface area contributed by atoms with Crippen LogP contribution >= 0.6 is 0 Å². The second-order valence-corrected chi connectivity index (χ2v) is 2.71. The molecular weight excluding hydrogens is 192 g/mol. The molecule has 14 heavy (non-hydrogen) atoms. The second-order valence-electron chi connectivity index (χ2n) is 2.71. The molecule has 0 bridgehead atoms. The summed E-state index contributed by atoms with van der Waals surface area (Å²) < 4.78 is 0. The highest BCUT2D eigenvalue weighted by Crippen LogP contribution is 2.17. The average molecular weight is 208 g/mol. The van der Waals surface area contributed by atoms with Crippen molar-refractivity contribution in [2.45, 2.75) is 38.9 Å². The van der Waals surface area contributed by atoms with Gasteiger partial charge in [0.2, 0.25) is 0 Å². The molecule has 0 saturated carbocycles. The van der Waals surface area contributed by atoms with Crippen molar-refractivity contribution >= 4 is 0 Å². The van der Waals surface area contributed by atoms with Gasteiger partial charge in [-0.3, -0.25) is 5.26 Å². The Kier molecular flexibility index (Phi) is 7.58.